The van der Waals surface area contributed by atoms with Crippen molar-refractivity contribution in [3.63, 3.8) is 0 Å². The lowest BCUT2D eigenvalue weighted by Gasteiger charge is -2.37. The molecule has 4 N–H and O–H groups in total. The number of hydrogen-bond acceptors (Lipinski definition) is 3. The van der Waals surface area contributed by atoms with Gasteiger partial charge in [0.15, 0.2) is 0 Å². The van der Waals surface area contributed by atoms with Crippen molar-refractivity contribution < 1.29 is 14.7 Å². The molecule has 0 aromatic rings. The minimum atomic E-state index is -1.08. The standard InChI is InChI=1S/C13H24N2O3/c1-3-12(2,9-14)10(16)15-13(11(17)18)7-5-4-6-8-13/h3-9,14H2,1-2H3,(H,15,16)(H,17,18). The van der Waals surface area contributed by atoms with Gasteiger partial charge >= 0.3 is 5.97 Å². The highest BCUT2D eigenvalue weighted by atomic mass is 16.4. The van der Waals surface area contributed by atoms with Crippen LogP contribution in [0.15, 0.2) is 0 Å². The van der Waals surface area contributed by atoms with Crippen molar-refractivity contribution in [3.8, 4) is 0 Å². The minimum Gasteiger partial charge on any atom is -0.480 e. The maximum absolute atomic E-state index is 12.3. The first-order valence-electron chi connectivity index (χ1n) is 6.66. The molecule has 0 heterocycles. The molecule has 0 aromatic heterocycles. The van der Waals surface area contributed by atoms with Crippen LogP contribution in [0.5, 0.6) is 0 Å². The molecule has 1 atom stereocenters. The lowest BCUT2D eigenvalue weighted by atomic mass is 9.79. The van der Waals surface area contributed by atoms with Crippen LogP contribution in [0.1, 0.15) is 52.4 Å². The maximum atomic E-state index is 12.3. The van der Waals surface area contributed by atoms with Crippen molar-refractivity contribution >= 4 is 11.9 Å². The van der Waals surface area contributed by atoms with Crippen LogP contribution in [-0.4, -0.2) is 29.1 Å². The van der Waals surface area contributed by atoms with Crippen LogP contribution in [0.3, 0.4) is 0 Å². The first kappa shape index (κ1) is 15.0. The van der Waals surface area contributed by atoms with Gasteiger partial charge in [0.2, 0.25) is 5.91 Å². The van der Waals surface area contributed by atoms with Gasteiger partial charge in [-0.2, -0.15) is 0 Å². The van der Waals surface area contributed by atoms with E-state index in [9.17, 15) is 14.7 Å². The van der Waals surface area contributed by atoms with Crippen LogP contribution in [0.25, 0.3) is 0 Å². The molecule has 1 rings (SSSR count). The lowest BCUT2D eigenvalue weighted by Crippen LogP contribution is -2.59. The van der Waals surface area contributed by atoms with E-state index in [2.05, 4.69) is 5.32 Å². The Balaban J connectivity index is 2.84. The molecule has 1 fully saturated rings. The van der Waals surface area contributed by atoms with Gasteiger partial charge in [0.25, 0.3) is 0 Å². The van der Waals surface area contributed by atoms with E-state index < -0.39 is 16.9 Å². The predicted octanol–water partition coefficient (Wildman–Crippen LogP) is 1.27. The summed E-state index contributed by atoms with van der Waals surface area (Å²) in [5.41, 5.74) is 3.87. The Labute approximate surface area is 108 Å². The number of nitrogens with one attached hydrogen (secondary N) is 1. The summed E-state index contributed by atoms with van der Waals surface area (Å²) in [6.07, 6.45) is 4.35. The summed E-state index contributed by atoms with van der Waals surface area (Å²) in [6, 6.07) is 0. The SMILES string of the molecule is CCC(C)(CN)C(=O)NC1(C(=O)O)CCCCC1. The molecule has 1 saturated carbocycles. The van der Waals surface area contributed by atoms with Crippen LogP contribution in [0, 0.1) is 5.41 Å². The van der Waals surface area contributed by atoms with Crippen LogP contribution < -0.4 is 11.1 Å². The monoisotopic (exact) mass is 256 g/mol. The second-order valence-corrected chi connectivity index (χ2v) is 5.52. The molecular formula is C13H24N2O3. The third-order valence-electron chi connectivity index (χ3n) is 4.25. The molecule has 0 aliphatic heterocycles. The highest BCUT2D eigenvalue weighted by molar-refractivity contribution is 5.90. The summed E-state index contributed by atoms with van der Waals surface area (Å²) in [5, 5.41) is 12.2. The Morgan fingerprint density at radius 2 is 1.89 bits per heavy atom. The fourth-order valence-corrected chi connectivity index (χ4v) is 2.31. The summed E-state index contributed by atoms with van der Waals surface area (Å²) in [7, 11) is 0. The Morgan fingerprint density at radius 1 is 1.33 bits per heavy atom. The van der Waals surface area contributed by atoms with E-state index in [-0.39, 0.29) is 12.5 Å². The lowest BCUT2D eigenvalue weighted by molar-refractivity contribution is -0.151. The Hall–Kier alpha value is -1.10. The third-order valence-corrected chi connectivity index (χ3v) is 4.25. The van der Waals surface area contributed by atoms with E-state index in [0.717, 1.165) is 19.3 Å². The number of carboxylic acid groups (broad SMARTS) is 1. The van der Waals surface area contributed by atoms with Gasteiger partial charge in [0.05, 0.1) is 5.41 Å². The fraction of sp³-hybridized carbons (Fsp3) is 0.846. The molecule has 0 saturated heterocycles. The smallest absolute Gasteiger partial charge is 0.329 e. The van der Waals surface area contributed by atoms with Crippen molar-refractivity contribution in [1.29, 1.82) is 0 Å². The molecular weight excluding hydrogens is 232 g/mol. The molecule has 104 valence electrons. The normalized spacial score (nSPS) is 21.9. The molecule has 5 heteroatoms. The van der Waals surface area contributed by atoms with E-state index in [0.29, 0.717) is 19.3 Å². The number of rotatable bonds is 5. The second-order valence-electron chi connectivity index (χ2n) is 5.52. The zero-order valence-corrected chi connectivity index (χ0v) is 11.3. The van der Waals surface area contributed by atoms with Crippen LogP contribution in [0.4, 0.5) is 0 Å². The topological polar surface area (TPSA) is 92.4 Å². The molecule has 0 spiro atoms. The molecule has 1 aliphatic rings. The zero-order valence-electron chi connectivity index (χ0n) is 11.3. The van der Waals surface area contributed by atoms with Gasteiger partial charge in [-0.3, -0.25) is 4.79 Å². The average molecular weight is 256 g/mol. The van der Waals surface area contributed by atoms with Crippen LogP contribution in [0.2, 0.25) is 0 Å². The van der Waals surface area contributed by atoms with E-state index in [1.165, 1.54) is 0 Å². The third kappa shape index (κ3) is 2.83. The van der Waals surface area contributed by atoms with Crippen molar-refractivity contribution in [2.45, 2.75) is 57.9 Å². The quantitative estimate of drug-likeness (QED) is 0.690. The number of hydrogen-bond donors (Lipinski definition) is 3. The van der Waals surface area contributed by atoms with Crippen molar-refractivity contribution in [3.05, 3.63) is 0 Å². The minimum absolute atomic E-state index is 0.227. The highest BCUT2D eigenvalue weighted by Crippen LogP contribution is 2.30. The molecule has 5 nitrogen and oxygen atoms in total. The average Bonchev–Trinajstić information content (AvgIpc) is 2.38. The number of amides is 1. The summed E-state index contributed by atoms with van der Waals surface area (Å²) in [4.78, 5) is 23.7. The molecule has 0 aromatic carbocycles. The van der Waals surface area contributed by atoms with Gasteiger partial charge < -0.3 is 16.2 Å². The molecule has 1 amide bonds. The Morgan fingerprint density at radius 3 is 2.28 bits per heavy atom. The van der Waals surface area contributed by atoms with Crippen LogP contribution >= 0.6 is 0 Å². The fourth-order valence-electron chi connectivity index (χ4n) is 2.31. The molecule has 0 bridgehead atoms. The van der Waals surface area contributed by atoms with E-state index in [1.54, 1.807) is 6.92 Å². The first-order valence-corrected chi connectivity index (χ1v) is 6.66. The van der Waals surface area contributed by atoms with Crippen molar-refractivity contribution in [2.75, 3.05) is 6.54 Å². The number of nitrogens with two attached hydrogens (primary N) is 1. The second kappa shape index (κ2) is 5.69. The van der Waals surface area contributed by atoms with Gasteiger partial charge in [0, 0.05) is 6.54 Å². The number of carbonyl (C=O) groups is 2. The Bertz CT molecular complexity index is 318. The van der Waals surface area contributed by atoms with Gasteiger partial charge in [-0.1, -0.05) is 26.2 Å². The van der Waals surface area contributed by atoms with Crippen LogP contribution in [-0.2, 0) is 9.59 Å². The number of aliphatic carboxylic acids is 1. The number of carbonyl (C=O) groups excluding carboxylic acids is 1. The predicted molar refractivity (Wildman–Crippen MR) is 69.0 cm³/mol. The highest BCUT2D eigenvalue weighted by Gasteiger charge is 2.44. The van der Waals surface area contributed by atoms with Gasteiger partial charge in [-0.15, -0.1) is 0 Å². The van der Waals surface area contributed by atoms with Crippen molar-refractivity contribution in [1.82, 2.24) is 5.32 Å². The van der Waals surface area contributed by atoms with E-state index in [4.69, 9.17) is 5.73 Å². The van der Waals surface area contributed by atoms with E-state index in [1.807, 2.05) is 6.92 Å². The van der Waals surface area contributed by atoms with Crippen molar-refractivity contribution in [2.24, 2.45) is 11.1 Å². The molecule has 0 radical (unpaired) electrons. The van der Waals surface area contributed by atoms with E-state index >= 15 is 0 Å². The summed E-state index contributed by atoms with van der Waals surface area (Å²) < 4.78 is 0. The molecule has 1 unspecified atom stereocenters. The van der Waals surface area contributed by atoms with Gasteiger partial charge in [-0.25, -0.2) is 4.79 Å². The summed E-state index contributed by atoms with van der Waals surface area (Å²) >= 11 is 0. The zero-order chi connectivity index (χ0) is 13.8. The number of carboxylic acids is 1. The Kier molecular flexibility index (Phi) is 4.73. The first-order chi connectivity index (χ1) is 8.40. The van der Waals surface area contributed by atoms with Gasteiger partial charge in [0.1, 0.15) is 5.54 Å². The largest absolute Gasteiger partial charge is 0.480 e. The summed E-state index contributed by atoms with van der Waals surface area (Å²) in [6.45, 7) is 3.90. The summed E-state index contributed by atoms with van der Waals surface area (Å²) in [5.74, 6) is -1.16. The molecule has 18 heavy (non-hydrogen) atoms. The van der Waals surface area contributed by atoms with Gasteiger partial charge in [-0.05, 0) is 26.2 Å². The molecule has 1 aliphatic carbocycles. The maximum Gasteiger partial charge on any atom is 0.329 e.